The molecule has 4 heterocycles. The number of amides is 1. The Kier molecular flexibility index (Phi) is 4.78. The molecule has 146 valence electrons. The van der Waals surface area contributed by atoms with Crippen molar-refractivity contribution in [1.29, 1.82) is 0 Å². The van der Waals surface area contributed by atoms with Gasteiger partial charge < -0.3 is 19.5 Å². The maximum Gasteiger partial charge on any atom is 0.295 e. The topological polar surface area (TPSA) is 89.0 Å². The number of rotatable bonds is 4. The van der Waals surface area contributed by atoms with Gasteiger partial charge in [0.1, 0.15) is 11.9 Å². The first-order valence-corrected chi connectivity index (χ1v) is 9.78. The molecule has 4 rings (SSSR count). The third-order valence-electron chi connectivity index (χ3n) is 4.81. The first-order chi connectivity index (χ1) is 13.4. The van der Waals surface area contributed by atoms with E-state index < -0.39 is 29.6 Å². The highest BCUT2D eigenvalue weighted by molar-refractivity contribution is 7.09. The minimum absolute atomic E-state index is 0.0286. The van der Waals surface area contributed by atoms with E-state index in [-0.39, 0.29) is 24.5 Å². The van der Waals surface area contributed by atoms with Crippen LogP contribution in [0.1, 0.15) is 24.3 Å². The highest BCUT2D eigenvalue weighted by atomic mass is 32.1. The molecule has 0 bridgehead atoms. The number of ether oxygens (including phenoxy) is 2. The van der Waals surface area contributed by atoms with Gasteiger partial charge in [0, 0.05) is 22.8 Å². The number of ketones is 1. The predicted octanol–water partition coefficient (Wildman–Crippen LogP) is 2.54. The maximum absolute atomic E-state index is 12.9. The molecule has 0 radical (unpaired) electrons. The van der Waals surface area contributed by atoms with Crippen molar-refractivity contribution < 1.29 is 24.2 Å². The number of likely N-dealkylation sites (tertiary alicyclic amines) is 1. The second-order valence-corrected chi connectivity index (χ2v) is 8.19. The second kappa shape index (κ2) is 7.12. The Morgan fingerprint density at radius 1 is 1.36 bits per heavy atom. The van der Waals surface area contributed by atoms with Gasteiger partial charge >= 0.3 is 0 Å². The van der Waals surface area contributed by atoms with Gasteiger partial charge in [-0.25, -0.2) is 0 Å². The molecule has 2 saturated heterocycles. The van der Waals surface area contributed by atoms with Crippen LogP contribution >= 0.6 is 11.3 Å². The summed E-state index contributed by atoms with van der Waals surface area (Å²) < 4.78 is 11.6. The molecule has 0 aliphatic carbocycles. The molecule has 1 N–H and O–H groups in total. The fourth-order valence-electron chi connectivity index (χ4n) is 3.57. The molecule has 1 amide bonds. The summed E-state index contributed by atoms with van der Waals surface area (Å²) in [6, 6.07) is 6.34. The van der Waals surface area contributed by atoms with E-state index in [9.17, 15) is 14.7 Å². The van der Waals surface area contributed by atoms with E-state index in [0.29, 0.717) is 5.56 Å². The van der Waals surface area contributed by atoms with Crippen LogP contribution in [-0.2, 0) is 25.6 Å². The van der Waals surface area contributed by atoms with Crippen LogP contribution < -0.4 is 0 Å². The van der Waals surface area contributed by atoms with E-state index in [4.69, 9.17) is 9.47 Å². The first kappa shape index (κ1) is 18.8. The third kappa shape index (κ3) is 3.34. The van der Waals surface area contributed by atoms with Gasteiger partial charge in [-0.2, -0.15) is 0 Å². The van der Waals surface area contributed by atoms with Crippen molar-refractivity contribution in [3.63, 3.8) is 0 Å². The number of aliphatic hydroxyl groups is 1. The van der Waals surface area contributed by atoms with Gasteiger partial charge in [-0.3, -0.25) is 14.6 Å². The molecule has 0 saturated carbocycles. The zero-order chi connectivity index (χ0) is 19.9. The summed E-state index contributed by atoms with van der Waals surface area (Å²) in [5.41, 5.74) is 0.403. The summed E-state index contributed by atoms with van der Waals surface area (Å²) in [4.78, 5) is 32.1. The van der Waals surface area contributed by atoms with Gasteiger partial charge in [0.25, 0.3) is 11.7 Å². The fraction of sp³-hybridized carbons (Fsp3) is 0.350. The standard InChI is InChI=1S/C20H20N2O5S/c1-20(2)26-11-14(27-20)16-15(17(23)12-5-3-7-21-9-12)18(24)19(25)22(16)10-13-6-4-8-28-13/h3-9,14,16,23H,10-11H2,1-2H3/b17-15+. The number of nitrogens with zero attached hydrogens (tertiary/aromatic N) is 2. The zero-order valence-corrected chi connectivity index (χ0v) is 16.3. The van der Waals surface area contributed by atoms with Crippen LogP contribution in [0.25, 0.3) is 5.76 Å². The Bertz CT molecular complexity index is 923. The largest absolute Gasteiger partial charge is 0.507 e. The summed E-state index contributed by atoms with van der Waals surface area (Å²) in [6.45, 7) is 4.03. The molecule has 2 aromatic heterocycles. The lowest BCUT2D eigenvalue weighted by atomic mass is 9.98. The molecule has 28 heavy (non-hydrogen) atoms. The zero-order valence-electron chi connectivity index (χ0n) is 15.5. The monoisotopic (exact) mass is 400 g/mol. The van der Waals surface area contributed by atoms with E-state index in [1.807, 2.05) is 17.5 Å². The molecule has 2 aliphatic rings. The smallest absolute Gasteiger partial charge is 0.295 e. The lowest BCUT2D eigenvalue weighted by Crippen LogP contribution is -2.43. The number of carbonyl (C=O) groups excluding carboxylic acids is 2. The van der Waals surface area contributed by atoms with Crippen LogP contribution in [0.5, 0.6) is 0 Å². The van der Waals surface area contributed by atoms with Crippen LogP contribution in [0.4, 0.5) is 0 Å². The third-order valence-corrected chi connectivity index (χ3v) is 5.67. The lowest BCUT2D eigenvalue weighted by molar-refractivity contribution is -0.149. The van der Waals surface area contributed by atoms with Crippen molar-refractivity contribution >= 4 is 28.8 Å². The summed E-state index contributed by atoms with van der Waals surface area (Å²) >= 11 is 1.50. The summed E-state index contributed by atoms with van der Waals surface area (Å²) in [5, 5.41) is 12.8. The average Bonchev–Trinajstić information content (AvgIpc) is 3.37. The van der Waals surface area contributed by atoms with E-state index in [1.165, 1.54) is 22.4 Å². The Hall–Kier alpha value is -2.55. The van der Waals surface area contributed by atoms with Crippen LogP contribution in [0, 0.1) is 0 Å². The minimum atomic E-state index is -0.830. The predicted molar refractivity (Wildman–Crippen MR) is 102 cm³/mol. The lowest BCUT2D eigenvalue weighted by Gasteiger charge is -2.29. The molecule has 2 aliphatic heterocycles. The fourth-order valence-corrected chi connectivity index (χ4v) is 4.27. The number of hydrogen-bond donors (Lipinski definition) is 1. The number of pyridine rings is 1. The van der Waals surface area contributed by atoms with Gasteiger partial charge in [-0.1, -0.05) is 6.07 Å². The highest BCUT2D eigenvalue weighted by Gasteiger charge is 2.52. The number of Topliss-reactive ketones (excluding diaryl/α,β-unsaturated/α-hetero) is 1. The molecule has 2 atom stereocenters. The molecule has 0 aromatic carbocycles. The molecule has 7 nitrogen and oxygen atoms in total. The molecule has 2 unspecified atom stereocenters. The highest BCUT2D eigenvalue weighted by Crippen LogP contribution is 2.37. The average molecular weight is 400 g/mol. The molecular formula is C20H20N2O5S. The first-order valence-electron chi connectivity index (χ1n) is 8.90. The minimum Gasteiger partial charge on any atom is -0.507 e. The summed E-state index contributed by atoms with van der Waals surface area (Å²) in [7, 11) is 0. The maximum atomic E-state index is 12.9. The van der Waals surface area contributed by atoms with Crippen molar-refractivity contribution in [2.24, 2.45) is 0 Å². The SMILES string of the molecule is CC1(C)OCC(C2/C(=C(\O)c3cccnc3)C(=O)C(=O)N2Cc2cccs2)O1. The number of aliphatic hydroxyl groups excluding tert-OH is 1. The van der Waals surface area contributed by atoms with Crippen molar-refractivity contribution in [3.05, 3.63) is 58.1 Å². The summed E-state index contributed by atoms with van der Waals surface area (Å²) in [6.07, 6.45) is 2.45. The number of aromatic nitrogens is 1. The van der Waals surface area contributed by atoms with Gasteiger partial charge in [0.05, 0.1) is 24.8 Å². The van der Waals surface area contributed by atoms with Crippen molar-refractivity contribution in [1.82, 2.24) is 9.88 Å². The van der Waals surface area contributed by atoms with Crippen molar-refractivity contribution in [2.75, 3.05) is 6.61 Å². The Morgan fingerprint density at radius 3 is 2.79 bits per heavy atom. The summed E-state index contributed by atoms with van der Waals surface area (Å²) in [5.74, 6) is -2.46. The van der Waals surface area contributed by atoms with E-state index in [2.05, 4.69) is 4.98 Å². The van der Waals surface area contributed by atoms with Crippen LogP contribution in [-0.4, -0.2) is 51.2 Å². The Balaban J connectivity index is 1.79. The quantitative estimate of drug-likeness (QED) is 0.482. The van der Waals surface area contributed by atoms with Crippen molar-refractivity contribution in [3.8, 4) is 0 Å². The van der Waals surface area contributed by atoms with Crippen LogP contribution in [0.15, 0.2) is 47.6 Å². The molecule has 0 spiro atoms. The van der Waals surface area contributed by atoms with Gasteiger partial charge in [-0.15, -0.1) is 11.3 Å². The van der Waals surface area contributed by atoms with Gasteiger partial charge in [-0.05, 0) is 37.4 Å². The normalized spacial score (nSPS) is 26.1. The Morgan fingerprint density at radius 2 is 2.18 bits per heavy atom. The molecule has 2 fully saturated rings. The van der Waals surface area contributed by atoms with E-state index in [0.717, 1.165) is 4.88 Å². The Labute approximate surface area is 166 Å². The second-order valence-electron chi connectivity index (χ2n) is 7.16. The van der Waals surface area contributed by atoms with Gasteiger partial charge in [0.2, 0.25) is 0 Å². The van der Waals surface area contributed by atoms with Crippen molar-refractivity contribution in [2.45, 2.75) is 38.3 Å². The van der Waals surface area contributed by atoms with E-state index in [1.54, 1.807) is 32.2 Å². The van der Waals surface area contributed by atoms with E-state index >= 15 is 0 Å². The van der Waals surface area contributed by atoms with Gasteiger partial charge in [0.15, 0.2) is 5.79 Å². The number of thiophene rings is 1. The van der Waals surface area contributed by atoms with Crippen LogP contribution in [0.3, 0.4) is 0 Å². The molecular weight excluding hydrogens is 380 g/mol. The number of hydrogen-bond acceptors (Lipinski definition) is 7. The molecule has 8 heteroatoms. The molecule has 2 aromatic rings. The van der Waals surface area contributed by atoms with Crippen LogP contribution in [0.2, 0.25) is 0 Å². The number of carbonyl (C=O) groups is 2.